The predicted octanol–water partition coefficient (Wildman–Crippen LogP) is 3.74. The Balaban J connectivity index is 1.97. The van der Waals surface area contributed by atoms with Crippen LogP contribution < -0.4 is 10.1 Å². The molecule has 0 unspecified atom stereocenters. The highest BCUT2D eigenvalue weighted by Crippen LogP contribution is 2.33. The fourth-order valence-corrected chi connectivity index (χ4v) is 3.38. The number of hydrogen-bond donors (Lipinski definition) is 2. The second-order valence-corrected chi connectivity index (χ2v) is 6.25. The van der Waals surface area contributed by atoms with E-state index in [-0.39, 0.29) is 5.82 Å². The summed E-state index contributed by atoms with van der Waals surface area (Å²) in [5.41, 5.74) is 0.611. The van der Waals surface area contributed by atoms with Gasteiger partial charge in [0.05, 0.1) is 0 Å². The van der Waals surface area contributed by atoms with Crippen LogP contribution in [0.2, 0.25) is 0 Å². The third kappa shape index (κ3) is 3.52. The molecule has 3 aromatic rings. The lowest BCUT2D eigenvalue weighted by molar-refractivity contribution is 0.0377. The van der Waals surface area contributed by atoms with Crippen LogP contribution in [0.3, 0.4) is 0 Å². The third-order valence-corrected chi connectivity index (χ3v) is 4.53. The first kappa shape index (κ1) is 15.9. The molecule has 0 aliphatic carbocycles. The van der Waals surface area contributed by atoms with Crippen molar-refractivity contribution in [1.82, 2.24) is 5.32 Å². The number of aliphatic hydroxyl groups is 1. The average molecular weight is 331 g/mol. The lowest BCUT2D eigenvalue weighted by atomic mass is 10.0. The van der Waals surface area contributed by atoms with E-state index in [9.17, 15) is 9.50 Å². The van der Waals surface area contributed by atoms with Crippen LogP contribution in [0.5, 0.6) is 5.75 Å². The van der Waals surface area contributed by atoms with Gasteiger partial charge in [-0.2, -0.15) is 0 Å². The van der Waals surface area contributed by atoms with Gasteiger partial charge in [0, 0.05) is 16.6 Å². The van der Waals surface area contributed by atoms with Crippen molar-refractivity contribution in [3.8, 4) is 5.75 Å². The van der Waals surface area contributed by atoms with Crippen molar-refractivity contribution < 1.29 is 14.2 Å². The van der Waals surface area contributed by atoms with Gasteiger partial charge in [-0.15, -0.1) is 11.3 Å². The van der Waals surface area contributed by atoms with E-state index in [1.165, 1.54) is 12.1 Å². The maximum absolute atomic E-state index is 13.6. The van der Waals surface area contributed by atoms with Gasteiger partial charge in [0.2, 0.25) is 0 Å². The Hall–Kier alpha value is -1.95. The summed E-state index contributed by atoms with van der Waals surface area (Å²) in [6, 6.07) is 14.0. The topological polar surface area (TPSA) is 41.5 Å². The first-order chi connectivity index (χ1) is 11.2. The van der Waals surface area contributed by atoms with E-state index in [0.29, 0.717) is 17.9 Å². The molecule has 0 radical (unpaired) electrons. The zero-order valence-electron chi connectivity index (χ0n) is 12.7. The highest BCUT2D eigenvalue weighted by molar-refractivity contribution is 7.17. The summed E-state index contributed by atoms with van der Waals surface area (Å²) in [5.74, 6) is 0.342. The molecule has 1 aromatic heterocycles. The van der Waals surface area contributed by atoms with Gasteiger partial charge in [-0.05, 0) is 48.3 Å². The molecule has 0 saturated carbocycles. The van der Waals surface area contributed by atoms with Crippen molar-refractivity contribution in [1.29, 1.82) is 0 Å². The Bertz CT molecular complexity index is 789. The van der Waals surface area contributed by atoms with Crippen molar-refractivity contribution in [2.24, 2.45) is 0 Å². The number of benzene rings is 2. The fourth-order valence-electron chi connectivity index (χ4n) is 2.57. The van der Waals surface area contributed by atoms with Crippen LogP contribution in [0, 0.1) is 5.82 Å². The van der Waals surface area contributed by atoms with Crippen LogP contribution in [-0.4, -0.2) is 24.8 Å². The Morgan fingerprint density at radius 3 is 2.83 bits per heavy atom. The normalized spacial score (nSPS) is 13.9. The van der Waals surface area contributed by atoms with E-state index in [4.69, 9.17) is 4.74 Å². The summed E-state index contributed by atoms with van der Waals surface area (Å²) in [4.78, 5) is 0. The number of fused-ring (bicyclic) bond motifs is 1. The minimum atomic E-state index is -0.796. The Morgan fingerprint density at radius 1 is 1.22 bits per heavy atom. The SMILES string of the molecule is CNC[C@H](O)[C@H](Oc1cccc2sccc12)c1cccc(F)c1. The molecule has 3 rings (SSSR count). The van der Waals surface area contributed by atoms with Gasteiger partial charge in [-0.25, -0.2) is 4.39 Å². The van der Waals surface area contributed by atoms with Gasteiger partial charge in [0.1, 0.15) is 17.7 Å². The van der Waals surface area contributed by atoms with Crippen molar-refractivity contribution in [3.05, 3.63) is 65.3 Å². The number of ether oxygens (including phenoxy) is 1. The molecule has 23 heavy (non-hydrogen) atoms. The van der Waals surface area contributed by atoms with E-state index in [1.807, 2.05) is 29.6 Å². The van der Waals surface area contributed by atoms with Crippen LogP contribution >= 0.6 is 11.3 Å². The van der Waals surface area contributed by atoms with E-state index in [1.54, 1.807) is 30.5 Å². The zero-order valence-corrected chi connectivity index (χ0v) is 13.5. The predicted molar refractivity (Wildman–Crippen MR) is 91.5 cm³/mol. The van der Waals surface area contributed by atoms with Gasteiger partial charge in [-0.1, -0.05) is 18.2 Å². The maximum Gasteiger partial charge on any atom is 0.151 e. The summed E-state index contributed by atoms with van der Waals surface area (Å²) in [5, 5.41) is 16.4. The number of thiophene rings is 1. The van der Waals surface area contributed by atoms with Crippen LogP contribution in [-0.2, 0) is 0 Å². The fraction of sp³-hybridized carbons (Fsp3) is 0.222. The average Bonchev–Trinajstić information content (AvgIpc) is 3.02. The minimum Gasteiger partial charge on any atom is -0.482 e. The van der Waals surface area contributed by atoms with E-state index >= 15 is 0 Å². The van der Waals surface area contributed by atoms with Crippen LogP contribution in [0.15, 0.2) is 53.9 Å². The number of halogens is 1. The van der Waals surface area contributed by atoms with Crippen LogP contribution in [0.4, 0.5) is 4.39 Å². The van der Waals surface area contributed by atoms with Crippen molar-refractivity contribution >= 4 is 21.4 Å². The maximum atomic E-state index is 13.6. The van der Waals surface area contributed by atoms with Gasteiger partial charge in [-0.3, -0.25) is 0 Å². The number of nitrogens with one attached hydrogen (secondary N) is 1. The smallest absolute Gasteiger partial charge is 0.151 e. The third-order valence-electron chi connectivity index (χ3n) is 3.65. The summed E-state index contributed by atoms with van der Waals surface area (Å²) in [7, 11) is 1.76. The van der Waals surface area contributed by atoms with Gasteiger partial charge in [0.15, 0.2) is 6.10 Å². The number of aliphatic hydroxyl groups excluding tert-OH is 1. The molecule has 0 spiro atoms. The van der Waals surface area contributed by atoms with Crippen LogP contribution in [0.1, 0.15) is 11.7 Å². The molecule has 3 nitrogen and oxygen atoms in total. The van der Waals surface area contributed by atoms with E-state index in [2.05, 4.69) is 5.32 Å². The second kappa shape index (κ2) is 7.08. The molecular formula is C18H18FNO2S. The zero-order chi connectivity index (χ0) is 16.2. The molecule has 0 amide bonds. The molecule has 2 N–H and O–H groups in total. The van der Waals surface area contributed by atoms with Crippen molar-refractivity contribution in [2.75, 3.05) is 13.6 Å². The standard InChI is InChI=1S/C18H18FNO2S/c1-20-11-15(21)18(12-4-2-5-13(19)10-12)22-16-6-3-7-17-14(16)8-9-23-17/h2-10,15,18,20-21H,11H2,1H3/t15-,18+/m0/s1. The first-order valence-electron chi connectivity index (χ1n) is 7.40. The van der Waals surface area contributed by atoms with E-state index in [0.717, 1.165) is 10.1 Å². The number of hydrogen-bond acceptors (Lipinski definition) is 4. The molecule has 2 atom stereocenters. The Morgan fingerprint density at radius 2 is 2.04 bits per heavy atom. The summed E-state index contributed by atoms with van der Waals surface area (Å²) in [6.45, 7) is 0.348. The molecular weight excluding hydrogens is 313 g/mol. The quantitative estimate of drug-likeness (QED) is 0.723. The lowest BCUT2D eigenvalue weighted by Crippen LogP contribution is -2.32. The molecule has 5 heteroatoms. The number of likely N-dealkylation sites (N-methyl/N-ethyl adjacent to an activating group) is 1. The molecule has 0 aliphatic heterocycles. The van der Waals surface area contributed by atoms with Gasteiger partial charge < -0.3 is 15.2 Å². The first-order valence-corrected chi connectivity index (χ1v) is 8.28. The number of rotatable bonds is 6. The molecule has 1 heterocycles. The van der Waals surface area contributed by atoms with E-state index < -0.39 is 12.2 Å². The summed E-state index contributed by atoms with van der Waals surface area (Å²) < 4.78 is 20.8. The lowest BCUT2D eigenvalue weighted by Gasteiger charge is -2.25. The summed E-state index contributed by atoms with van der Waals surface area (Å²) >= 11 is 1.63. The monoisotopic (exact) mass is 331 g/mol. The highest BCUT2D eigenvalue weighted by Gasteiger charge is 2.24. The molecule has 2 aromatic carbocycles. The largest absolute Gasteiger partial charge is 0.482 e. The van der Waals surface area contributed by atoms with Crippen molar-refractivity contribution in [2.45, 2.75) is 12.2 Å². The van der Waals surface area contributed by atoms with Crippen LogP contribution in [0.25, 0.3) is 10.1 Å². The molecule has 0 fully saturated rings. The van der Waals surface area contributed by atoms with Crippen molar-refractivity contribution in [3.63, 3.8) is 0 Å². The Kier molecular flexibility index (Phi) is 4.91. The van der Waals surface area contributed by atoms with Gasteiger partial charge >= 0.3 is 0 Å². The summed E-state index contributed by atoms with van der Waals surface area (Å²) in [6.07, 6.45) is -1.45. The molecule has 0 saturated heterocycles. The molecule has 0 bridgehead atoms. The molecule has 0 aliphatic rings. The van der Waals surface area contributed by atoms with Gasteiger partial charge in [0.25, 0.3) is 0 Å². The second-order valence-electron chi connectivity index (χ2n) is 5.31. The molecule has 120 valence electrons. The highest BCUT2D eigenvalue weighted by atomic mass is 32.1. The Labute approximate surface area is 138 Å². The minimum absolute atomic E-state index is 0.346.